The van der Waals surface area contributed by atoms with E-state index in [1.165, 1.54) is 11.1 Å². The molecule has 0 saturated carbocycles. The normalized spacial score (nSPS) is 11.5. The lowest BCUT2D eigenvalue weighted by Gasteiger charge is -2.12. The monoisotopic (exact) mass is 278 g/mol. The summed E-state index contributed by atoms with van der Waals surface area (Å²) < 4.78 is 0. The van der Waals surface area contributed by atoms with Crippen LogP contribution in [-0.4, -0.2) is 64.2 Å². The molecule has 4 heteroatoms. The van der Waals surface area contributed by atoms with Gasteiger partial charge in [0.05, 0.1) is 0 Å². The van der Waals surface area contributed by atoms with E-state index in [2.05, 4.69) is 72.9 Å². The molecule has 0 aliphatic rings. The average molecular weight is 278 g/mol. The Morgan fingerprint density at radius 2 is 1.25 bits per heavy atom. The van der Waals surface area contributed by atoms with Crippen molar-refractivity contribution < 1.29 is 0 Å². The molecule has 2 N–H and O–H groups in total. The Balaban J connectivity index is 2.26. The molecular formula is C16H30N4. The summed E-state index contributed by atoms with van der Waals surface area (Å²) >= 11 is 0. The molecule has 0 amide bonds. The maximum atomic E-state index is 3.47. The summed E-state index contributed by atoms with van der Waals surface area (Å²) in [7, 11) is 8.40. The van der Waals surface area contributed by atoms with Crippen LogP contribution < -0.4 is 10.6 Å². The van der Waals surface area contributed by atoms with Crippen LogP contribution in [0.4, 0.5) is 0 Å². The Labute approximate surface area is 124 Å². The zero-order chi connectivity index (χ0) is 14.8. The van der Waals surface area contributed by atoms with Gasteiger partial charge in [0, 0.05) is 39.3 Å². The number of hydrogen-bond donors (Lipinski definition) is 2. The molecule has 114 valence electrons. The number of nitrogens with zero attached hydrogens (tertiary/aromatic N) is 2. The molecule has 0 aromatic heterocycles. The van der Waals surface area contributed by atoms with Crippen molar-refractivity contribution in [3.8, 4) is 0 Å². The summed E-state index contributed by atoms with van der Waals surface area (Å²) in [5.74, 6) is 0. The summed E-state index contributed by atoms with van der Waals surface area (Å²) in [5.41, 5.74) is 2.71. The molecule has 0 radical (unpaired) electrons. The number of nitrogens with one attached hydrogen (secondary N) is 2. The molecule has 0 aliphatic heterocycles. The first-order valence-electron chi connectivity index (χ1n) is 7.36. The topological polar surface area (TPSA) is 30.5 Å². The highest BCUT2D eigenvalue weighted by Crippen LogP contribution is 2.04. The molecule has 1 aromatic carbocycles. The van der Waals surface area contributed by atoms with Crippen molar-refractivity contribution in [3.05, 3.63) is 35.4 Å². The van der Waals surface area contributed by atoms with Crippen molar-refractivity contribution in [3.63, 3.8) is 0 Å². The summed E-state index contributed by atoms with van der Waals surface area (Å²) in [4.78, 5) is 4.39. The van der Waals surface area contributed by atoms with Crippen LogP contribution in [0, 0.1) is 0 Å². The molecule has 0 saturated heterocycles. The molecule has 0 spiro atoms. The van der Waals surface area contributed by atoms with E-state index in [0.29, 0.717) is 0 Å². The molecule has 4 nitrogen and oxygen atoms in total. The minimum atomic E-state index is 0.944. The first-order valence-corrected chi connectivity index (χ1v) is 7.36. The molecule has 0 bridgehead atoms. The molecular weight excluding hydrogens is 248 g/mol. The van der Waals surface area contributed by atoms with Crippen LogP contribution in [0.2, 0.25) is 0 Å². The van der Waals surface area contributed by atoms with Gasteiger partial charge in [-0.25, -0.2) is 0 Å². The lowest BCUT2D eigenvalue weighted by atomic mass is 10.1. The van der Waals surface area contributed by atoms with E-state index < -0.39 is 0 Å². The summed E-state index contributed by atoms with van der Waals surface area (Å²) in [6, 6.07) is 8.80. The van der Waals surface area contributed by atoms with Gasteiger partial charge >= 0.3 is 0 Å². The van der Waals surface area contributed by atoms with Crippen molar-refractivity contribution in [2.24, 2.45) is 0 Å². The fourth-order valence-electron chi connectivity index (χ4n) is 1.92. The fourth-order valence-corrected chi connectivity index (χ4v) is 1.92. The Bertz CT molecular complexity index is 332. The van der Waals surface area contributed by atoms with Gasteiger partial charge in [0.1, 0.15) is 0 Å². The maximum Gasteiger partial charge on any atom is 0.0206 e. The maximum absolute atomic E-state index is 3.47. The van der Waals surface area contributed by atoms with Crippen LogP contribution in [0.3, 0.4) is 0 Å². The second-order valence-corrected chi connectivity index (χ2v) is 5.78. The SMILES string of the molecule is CN(C)CCNCc1cccc(CNCCN(C)C)c1. The van der Waals surface area contributed by atoms with Crippen LogP contribution in [0.1, 0.15) is 11.1 Å². The minimum absolute atomic E-state index is 0.944. The van der Waals surface area contributed by atoms with Gasteiger partial charge in [-0.15, -0.1) is 0 Å². The molecule has 20 heavy (non-hydrogen) atoms. The third-order valence-corrected chi connectivity index (χ3v) is 3.12. The van der Waals surface area contributed by atoms with E-state index in [9.17, 15) is 0 Å². The highest BCUT2D eigenvalue weighted by atomic mass is 15.1. The fraction of sp³-hybridized carbons (Fsp3) is 0.625. The summed E-state index contributed by atoms with van der Waals surface area (Å²) in [6.07, 6.45) is 0. The van der Waals surface area contributed by atoms with Gasteiger partial charge < -0.3 is 20.4 Å². The molecule has 0 atom stereocenters. The Morgan fingerprint density at radius 1 is 0.800 bits per heavy atom. The zero-order valence-electron chi connectivity index (χ0n) is 13.4. The van der Waals surface area contributed by atoms with E-state index in [0.717, 1.165) is 39.3 Å². The van der Waals surface area contributed by atoms with E-state index in [1.807, 2.05) is 0 Å². The number of likely N-dealkylation sites (N-methyl/N-ethyl adjacent to an activating group) is 2. The standard InChI is InChI=1S/C16H30N4/c1-19(2)10-8-17-13-15-6-5-7-16(12-15)14-18-9-11-20(3)4/h5-7,12,17-18H,8-11,13-14H2,1-4H3. The third kappa shape index (κ3) is 8.27. The number of rotatable bonds is 10. The predicted octanol–water partition coefficient (Wildman–Crippen LogP) is 0.989. The summed E-state index contributed by atoms with van der Waals surface area (Å²) in [6.45, 7) is 6.09. The van der Waals surface area contributed by atoms with Crippen LogP contribution in [0.25, 0.3) is 0 Å². The van der Waals surface area contributed by atoms with E-state index in [-0.39, 0.29) is 0 Å². The lowest BCUT2D eigenvalue weighted by molar-refractivity contribution is 0.399. The molecule has 1 aromatic rings. The second-order valence-electron chi connectivity index (χ2n) is 5.78. The Morgan fingerprint density at radius 3 is 1.65 bits per heavy atom. The number of benzene rings is 1. The quantitative estimate of drug-likeness (QED) is 0.625. The number of hydrogen-bond acceptors (Lipinski definition) is 4. The first kappa shape index (κ1) is 17.1. The molecule has 0 unspecified atom stereocenters. The lowest BCUT2D eigenvalue weighted by Crippen LogP contribution is -2.26. The average Bonchev–Trinajstić information content (AvgIpc) is 2.40. The van der Waals surface area contributed by atoms with Crippen molar-refractivity contribution in [2.45, 2.75) is 13.1 Å². The smallest absolute Gasteiger partial charge is 0.0206 e. The van der Waals surface area contributed by atoms with Gasteiger partial charge in [0.25, 0.3) is 0 Å². The van der Waals surface area contributed by atoms with Crippen LogP contribution >= 0.6 is 0 Å². The van der Waals surface area contributed by atoms with Gasteiger partial charge in [-0.1, -0.05) is 24.3 Å². The van der Waals surface area contributed by atoms with E-state index in [1.54, 1.807) is 0 Å². The summed E-state index contributed by atoms with van der Waals surface area (Å²) in [5, 5.41) is 6.95. The zero-order valence-corrected chi connectivity index (χ0v) is 13.4. The van der Waals surface area contributed by atoms with Gasteiger partial charge in [-0.05, 0) is 39.3 Å². The van der Waals surface area contributed by atoms with E-state index in [4.69, 9.17) is 0 Å². The third-order valence-electron chi connectivity index (χ3n) is 3.12. The van der Waals surface area contributed by atoms with Crippen molar-refractivity contribution in [1.82, 2.24) is 20.4 Å². The molecule has 0 heterocycles. The highest BCUT2D eigenvalue weighted by molar-refractivity contribution is 5.23. The van der Waals surface area contributed by atoms with Gasteiger partial charge in [-0.2, -0.15) is 0 Å². The first-order chi connectivity index (χ1) is 9.58. The van der Waals surface area contributed by atoms with Crippen molar-refractivity contribution in [1.29, 1.82) is 0 Å². The minimum Gasteiger partial charge on any atom is -0.311 e. The molecule has 1 rings (SSSR count). The van der Waals surface area contributed by atoms with E-state index >= 15 is 0 Å². The van der Waals surface area contributed by atoms with Gasteiger partial charge in [-0.3, -0.25) is 0 Å². The Hall–Kier alpha value is -0.940. The van der Waals surface area contributed by atoms with Crippen LogP contribution in [0.15, 0.2) is 24.3 Å². The molecule has 0 aliphatic carbocycles. The van der Waals surface area contributed by atoms with Crippen LogP contribution in [-0.2, 0) is 13.1 Å². The van der Waals surface area contributed by atoms with Crippen molar-refractivity contribution in [2.75, 3.05) is 54.4 Å². The Kier molecular flexibility index (Phi) is 8.46. The second kappa shape index (κ2) is 9.88. The molecule has 0 fully saturated rings. The highest BCUT2D eigenvalue weighted by Gasteiger charge is 1.97. The van der Waals surface area contributed by atoms with Gasteiger partial charge in [0.15, 0.2) is 0 Å². The predicted molar refractivity (Wildman–Crippen MR) is 87.0 cm³/mol. The van der Waals surface area contributed by atoms with Crippen molar-refractivity contribution >= 4 is 0 Å². The van der Waals surface area contributed by atoms with Gasteiger partial charge in [0.2, 0.25) is 0 Å². The van der Waals surface area contributed by atoms with Crippen LogP contribution in [0.5, 0.6) is 0 Å². The largest absolute Gasteiger partial charge is 0.311 e.